The number of halogens is 1. The van der Waals surface area contributed by atoms with Gasteiger partial charge >= 0.3 is 0 Å². The van der Waals surface area contributed by atoms with Crippen molar-refractivity contribution in [1.82, 2.24) is 9.78 Å². The first-order valence-electron chi connectivity index (χ1n) is 9.32. The maximum absolute atomic E-state index is 6.03. The molecule has 3 aromatic carbocycles. The number of benzene rings is 3. The van der Waals surface area contributed by atoms with E-state index in [2.05, 4.69) is 34.1 Å². The Bertz CT molecular complexity index is 1080. The van der Waals surface area contributed by atoms with Gasteiger partial charge in [0.05, 0.1) is 23.3 Å². The first kappa shape index (κ1) is 18.6. The Morgan fingerprint density at radius 3 is 2.54 bits per heavy atom. The summed E-state index contributed by atoms with van der Waals surface area (Å²) >= 11 is 3.67. The molecule has 0 aliphatic heterocycles. The Labute approximate surface area is 172 Å². The van der Waals surface area contributed by atoms with E-state index in [9.17, 15) is 0 Å². The van der Waals surface area contributed by atoms with Crippen LogP contribution >= 0.6 is 15.9 Å². The van der Waals surface area contributed by atoms with E-state index in [1.165, 1.54) is 5.39 Å². The molecule has 0 bridgehead atoms. The summed E-state index contributed by atoms with van der Waals surface area (Å²) in [6.07, 6.45) is 0. The summed E-state index contributed by atoms with van der Waals surface area (Å²) < 4.78 is 14.6. The predicted octanol–water partition coefficient (Wildman–Crippen LogP) is 5.94. The van der Waals surface area contributed by atoms with Crippen molar-refractivity contribution in [2.24, 2.45) is 0 Å². The summed E-state index contributed by atoms with van der Waals surface area (Å²) in [5.74, 6) is 1.58. The van der Waals surface area contributed by atoms with E-state index < -0.39 is 0 Å². The molecule has 4 rings (SSSR count). The topological polar surface area (TPSA) is 36.3 Å². The normalized spacial score (nSPS) is 10.9. The number of fused-ring (bicyclic) bond motifs is 1. The van der Waals surface area contributed by atoms with Crippen LogP contribution in [0.15, 0.2) is 77.3 Å². The minimum atomic E-state index is 0.493. The van der Waals surface area contributed by atoms with Gasteiger partial charge in [0.25, 0.3) is 0 Å². The Morgan fingerprint density at radius 2 is 1.71 bits per heavy atom. The third-order valence-corrected chi connectivity index (χ3v) is 5.31. The first-order valence-corrected chi connectivity index (χ1v) is 10.1. The number of rotatable bonds is 7. The van der Waals surface area contributed by atoms with Crippen molar-refractivity contribution in [1.29, 1.82) is 0 Å². The van der Waals surface area contributed by atoms with E-state index in [0.717, 1.165) is 32.7 Å². The molecule has 0 atom stereocenters. The average molecular weight is 437 g/mol. The van der Waals surface area contributed by atoms with Crippen molar-refractivity contribution in [2.45, 2.75) is 13.5 Å². The van der Waals surface area contributed by atoms with Crippen LogP contribution in [0.1, 0.15) is 6.92 Å². The van der Waals surface area contributed by atoms with E-state index in [-0.39, 0.29) is 0 Å². The van der Waals surface area contributed by atoms with Gasteiger partial charge in [-0.05, 0) is 39.7 Å². The van der Waals surface area contributed by atoms with Gasteiger partial charge in [-0.3, -0.25) is 0 Å². The minimum absolute atomic E-state index is 0.493. The van der Waals surface area contributed by atoms with Crippen molar-refractivity contribution in [3.63, 3.8) is 0 Å². The maximum atomic E-state index is 6.03. The third kappa shape index (κ3) is 3.90. The van der Waals surface area contributed by atoms with Crippen LogP contribution in [0, 0.1) is 0 Å². The Hall–Kier alpha value is -2.79. The molecule has 0 N–H and O–H groups in total. The van der Waals surface area contributed by atoms with E-state index in [1.807, 2.05) is 66.2 Å². The molecular formula is C23H21BrN2O2. The summed E-state index contributed by atoms with van der Waals surface area (Å²) in [5, 5.41) is 7.02. The van der Waals surface area contributed by atoms with E-state index in [0.29, 0.717) is 19.8 Å². The van der Waals surface area contributed by atoms with Gasteiger partial charge < -0.3 is 9.47 Å². The van der Waals surface area contributed by atoms with Crippen LogP contribution in [0.25, 0.3) is 22.0 Å². The molecule has 0 radical (unpaired) electrons. The summed E-state index contributed by atoms with van der Waals surface area (Å²) in [5.41, 5.74) is 1.97. The highest BCUT2D eigenvalue weighted by atomic mass is 79.9. The number of aromatic nitrogens is 2. The monoisotopic (exact) mass is 436 g/mol. The Balaban J connectivity index is 1.50. The van der Waals surface area contributed by atoms with Crippen LogP contribution in [-0.4, -0.2) is 23.0 Å². The van der Waals surface area contributed by atoms with Crippen LogP contribution in [0.4, 0.5) is 0 Å². The molecule has 5 heteroatoms. The van der Waals surface area contributed by atoms with Crippen molar-refractivity contribution in [3.8, 4) is 22.9 Å². The molecule has 142 valence electrons. The minimum Gasteiger partial charge on any atom is -0.490 e. The molecule has 0 aliphatic rings. The molecule has 0 saturated carbocycles. The number of hydrogen-bond donors (Lipinski definition) is 0. The molecule has 1 heterocycles. The lowest BCUT2D eigenvalue weighted by atomic mass is 10.1. The molecule has 0 saturated heterocycles. The molecule has 0 spiro atoms. The Morgan fingerprint density at radius 1 is 0.929 bits per heavy atom. The fraction of sp³-hybridized carbons (Fsp3) is 0.174. The fourth-order valence-corrected chi connectivity index (χ4v) is 3.75. The van der Waals surface area contributed by atoms with E-state index >= 15 is 0 Å². The van der Waals surface area contributed by atoms with Gasteiger partial charge in [-0.1, -0.05) is 60.7 Å². The number of hydrogen-bond acceptors (Lipinski definition) is 3. The zero-order valence-electron chi connectivity index (χ0n) is 15.6. The molecule has 1 aromatic heterocycles. The summed E-state index contributed by atoms with van der Waals surface area (Å²) in [7, 11) is 0. The second-order valence-corrected chi connectivity index (χ2v) is 7.13. The lowest BCUT2D eigenvalue weighted by Crippen LogP contribution is -2.11. The second kappa shape index (κ2) is 8.48. The molecule has 4 nitrogen and oxygen atoms in total. The lowest BCUT2D eigenvalue weighted by molar-refractivity contribution is 0.259. The highest BCUT2D eigenvalue weighted by molar-refractivity contribution is 9.10. The van der Waals surface area contributed by atoms with Crippen LogP contribution in [-0.2, 0) is 6.54 Å². The van der Waals surface area contributed by atoms with Gasteiger partial charge in [-0.15, -0.1) is 0 Å². The van der Waals surface area contributed by atoms with Crippen LogP contribution in [0.5, 0.6) is 11.6 Å². The smallest absolute Gasteiger partial charge is 0.212 e. The third-order valence-electron chi connectivity index (χ3n) is 4.49. The van der Waals surface area contributed by atoms with Crippen molar-refractivity contribution in [2.75, 3.05) is 13.2 Å². The SMILES string of the molecule is CCOc1cc(-c2ccccc2)nn1CCOc1ccc2ccccc2c1Br. The number of nitrogens with zero attached hydrogens (tertiary/aromatic N) is 2. The first-order chi connectivity index (χ1) is 13.8. The quantitative estimate of drug-likeness (QED) is 0.359. The van der Waals surface area contributed by atoms with Crippen LogP contribution < -0.4 is 9.47 Å². The van der Waals surface area contributed by atoms with E-state index in [4.69, 9.17) is 14.6 Å². The van der Waals surface area contributed by atoms with Crippen LogP contribution in [0.2, 0.25) is 0 Å². The van der Waals surface area contributed by atoms with Crippen LogP contribution in [0.3, 0.4) is 0 Å². The summed E-state index contributed by atoms with van der Waals surface area (Å²) in [6, 6.07) is 24.4. The molecule has 28 heavy (non-hydrogen) atoms. The summed E-state index contributed by atoms with van der Waals surface area (Å²) in [6.45, 7) is 3.66. The largest absolute Gasteiger partial charge is 0.490 e. The highest BCUT2D eigenvalue weighted by Gasteiger charge is 2.11. The van der Waals surface area contributed by atoms with E-state index in [1.54, 1.807) is 0 Å². The zero-order valence-corrected chi connectivity index (χ0v) is 17.2. The lowest BCUT2D eigenvalue weighted by Gasteiger charge is -2.12. The zero-order chi connectivity index (χ0) is 19.3. The Kier molecular flexibility index (Phi) is 5.63. The summed E-state index contributed by atoms with van der Waals surface area (Å²) in [4.78, 5) is 0. The maximum Gasteiger partial charge on any atom is 0.212 e. The number of ether oxygens (including phenoxy) is 2. The van der Waals surface area contributed by atoms with Crippen molar-refractivity contribution < 1.29 is 9.47 Å². The van der Waals surface area contributed by atoms with Gasteiger partial charge in [0.1, 0.15) is 12.4 Å². The van der Waals surface area contributed by atoms with Gasteiger partial charge in [0.15, 0.2) is 0 Å². The molecule has 0 unspecified atom stereocenters. The van der Waals surface area contributed by atoms with Crippen molar-refractivity contribution >= 4 is 26.7 Å². The predicted molar refractivity (Wildman–Crippen MR) is 116 cm³/mol. The molecule has 0 amide bonds. The van der Waals surface area contributed by atoms with Crippen molar-refractivity contribution in [3.05, 3.63) is 77.3 Å². The van der Waals surface area contributed by atoms with Gasteiger partial charge in [0, 0.05) is 11.6 Å². The molecular weight excluding hydrogens is 416 g/mol. The van der Waals surface area contributed by atoms with Gasteiger partial charge in [-0.2, -0.15) is 5.10 Å². The molecule has 0 aliphatic carbocycles. The average Bonchev–Trinajstić information content (AvgIpc) is 3.14. The standard InChI is InChI=1S/C23H21BrN2O2/c1-2-27-22-16-20(18-9-4-3-5-10-18)25-26(22)14-15-28-21-13-12-17-8-6-7-11-19(17)23(21)24/h3-13,16H,2,14-15H2,1H3. The fourth-order valence-electron chi connectivity index (χ4n) is 3.14. The molecule has 0 fully saturated rings. The highest BCUT2D eigenvalue weighted by Crippen LogP contribution is 2.33. The molecule has 4 aromatic rings. The van der Waals surface area contributed by atoms with Gasteiger partial charge in [-0.25, -0.2) is 4.68 Å². The second-order valence-electron chi connectivity index (χ2n) is 6.34. The van der Waals surface area contributed by atoms with Gasteiger partial charge in [0.2, 0.25) is 5.88 Å².